The fourth-order valence-corrected chi connectivity index (χ4v) is 2.40. The highest BCUT2D eigenvalue weighted by Crippen LogP contribution is 2.23. The summed E-state index contributed by atoms with van der Waals surface area (Å²) in [5.41, 5.74) is -0.242. The SMILES string of the molecule is CCCCCCCCCC(=O)OC(C)(CC)CCCC. The Morgan fingerprint density at radius 2 is 1.40 bits per heavy atom. The van der Waals surface area contributed by atoms with E-state index in [-0.39, 0.29) is 11.6 Å². The lowest BCUT2D eigenvalue weighted by Gasteiger charge is -2.28. The number of carbonyl (C=O) groups is 1. The highest BCUT2D eigenvalue weighted by atomic mass is 16.6. The maximum atomic E-state index is 11.9. The van der Waals surface area contributed by atoms with Crippen molar-refractivity contribution in [3.05, 3.63) is 0 Å². The largest absolute Gasteiger partial charge is 0.459 e. The molecule has 0 aromatic rings. The Morgan fingerprint density at radius 1 is 0.850 bits per heavy atom. The summed E-state index contributed by atoms with van der Waals surface area (Å²) < 4.78 is 5.70. The first-order valence-corrected chi connectivity index (χ1v) is 8.79. The molecule has 0 N–H and O–H groups in total. The predicted octanol–water partition coefficient (Wildman–Crippen LogP) is 6.03. The van der Waals surface area contributed by atoms with E-state index in [1.807, 2.05) is 0 Å². The van der Waals surface area contributed by atoms with Gasteiger partial charge in [0.25, 0.3) is 0 Å². The first kappa shape index (κ1) is 19.5. The van der Waals surface area contributed by atoms with Crippen molar-refractivity contribution >= 4 is 5.97 Å². The van der Waals surface area contributed by atoms with E-state index < -0.39 is 0 Å². The molecule has 0 aliphatic rings. The molecule has 2 nitrogen and oxygen atoms in total. The zero-order chi connectivity index (χ0) is 15.3. The molecule has 120 valence electrons. The highest BCUT2D eigenvalue weighted by molar-refractivity contribution is 5.69. The van der Waals surface area contributed by atoms with E-state index in [0.29, 0.717) is 6.42 Å². The lowest BCUT2D eigenvalue weighted by atomic mass is 9.96. The minimum absolute atomic E-state index is 0.000916. The second-order valence-corrected chi connectivity index (χ2v) is 6.25. The van der Waals surface area contributed by atoms with Crippen LogP contribution in [-0.4, -0.2) is 11.6 Å². The van der Waals surface area contributed by atoms with Gasteiger partial charge < -0.3 is 4.74 Å². The van der Waals surface area contributed by atoms with Crippen LogP contribution in [-0.2, 0) is 9.53 Å². The lowest BCUT2D eigenvalue weighted by Crippen LogP contribution is -2.30. The second kappa shape index (κ2) is 12.2. The molecule has 0 saturated heterocycles. The summed E-state index contributed by atoms with van der Waals surface area (Å²) in [6.07, 6.45) is 13.5. The van der Waals surface area contributed by atoms with Gasteiger partial charge in [-0.25, -0.2) is 0 Å². The van der Waals surface area contributed by atoms with Crippen LogP contribution >= 0.6 is 0 Å². The van der Waals surface area contributed by atoms with Crippen LogP contribution in [0.3, 0.4) is 0 Å². The molecule has 0 rings (SSSR count). The van der Waals surface area contributed by atoms with Crippen molar-refractivity contribution in [1.29, 1.82) is 0 Å². The summed E-state index contributed by atoms with van der Waals surface area (Å²) in [5.74, 6) is -0.000916. The first-order chi connectivity index (χ1) is 9.58. The van der Waals surface area contributed by atoms with Gasteiger partial charge in [-0.3, -0.25) is 4.79 Å². The van der Waals surface area contributed by atoms with Crippen LogP contribution in [0.25, 0.3) is 0 Å². The molecule has 20 heavy (non-hydrogen) atoms. The quantitative estimate of drug-likeness (QED) is 0.305. The molecule has 0 aromatic heterocycles. The molecular formula is C18H36O2. The smallest absolute Gasteiger partial charge is 0.306 e. The fourth-order valence-electron chi connectivity index (χ4n) is 2.40. The Morgan fingerprint density at radius 3 is 1.95 bits per heavy atom. The van der Waals surface area contributed by atoms with Crippen molar-refractivity contribution in [2.45, 2.75) is 110 Å². The number of esters is 1. The van der Waals surface area contributed by atoms with E-state index in [1.165, 1.54) is 32.1 Å². The molecule has 1 atom stereocenters. The Kier molecular flexibility index (Phi) is 11.9. The van der Waals surface area contributed by atoms with E-state index in [2.05, 4.69) is 27.7 Å². The molecule has 0 amide bonds. The molecule has 0 aliphatic heterocycles. The third-order valence-electron chi connectivity index (χ3n) is 4.15. The van der Waals surface area contributed by atoms with Crippen molar-refractivity contribution in [3.8, 4) is 0 Å². The molecule has 2 heteroatoms. The number of hydrogen-bond acceptors (Lipinski definition) is 2. The van der Waals surface area contributed by atoms with Gasteiger partial charge >= 0.3 is 5.97 Å². The summed E-state index contributed by atoms with van der Waals surface area (Å²) in [7, 11) is 0. The number of hydrogen-bond donors (Lipinski definition) is 0. The Hall–Kier alpha value is -0.530. The molecule has 0 spiro atoms. The zero-order valence-electron chi connectivity index (χ0n) is 14.3. The van der Waals surface area contributed by atoms with Crippen molar-refractivity contribution in [3.63, 3.8) is 0 Å². The van der Waals surface area contributed by atoms with Gasteiger partial charge in [-0.15, -0.1) is 0 Å². The Balaban J connectivity index is 3.70. The summed E-state index contributed by atoms with van der Waals surface area (Å²) >= 11 is 0. The maximum Gasteiger partial charge on any atom is 0.306 e. The molecule has 0 bridgehead atoms. The maximum absolute atomic E-state index is 11.9. The third kappa shape index (κ3) is 10.3. The molecule has 0 aromatic carbocycles. The predicted molar refractivity (Wildman–Crippen MR) is 86.9 cm³/mol. The van der Waals surface area contributed by atoms with Gasteiger partial charge in [0.2, 0.25) is 0 Å². The minimum atomic E-state index is -0.242. The molecule has 0 aliphatic carbocycles. The van der Waals surface area contributed by atoms with Gasteiger partial charge in [0.15, 0.2) is 0 Å². The summed E-state index contributed by atoms with van der Waals surface area (Å²) in [6.45, 7) is 8.59. The molecule has 0 radical (unpaired) electrons. The first-order valence-electron chi connectivity index (χ1n) is 8.79. The van der Waals surface area contributed by atoms with Crippen LogP contribution in [0.5, 0.6) is 0 Å². The van der Waals surface area contributed by atoms with Gasteiger partial charge in [0, 0.05) is 6.42 Å². The van der Waals surface area contributed by atoms with E-state index in [0.717, 1.165) is 38.5 Å². The highest BCUT2D eigenvalue weighted by Gasteiger charge is 2.25. The van der Waals surface area contributed by atoms with Crippen molar-refractivity contribution in [2.75, 3.05) is 0 Å². The Bertz CT molecular complexity index is 238. The van der Waals surface area contributed by atoms with Crippen molar-refractivity contribution < 1.29 is 9.53 Å². The standard InChI is InChI=1S/C18H36O2/c1-5-8-10-11-12-13-14-15-17(19)20-18(4,7-3)16-9-6-2/h5-16H2,1-4H3. The normalized spacial score (nSPS) is 14.0. The number of rotatable bonds is 13. The average molecular weight is 284 g/mol. The van der Waals surface area contributed by atoms with Gasteiger partial charge in [-0.05, 0) is 32.6 Å². The van der Waals surface area contributed by atoms with Crippen LogP contribution in [0.15, 0.2) is 0 Å². The van der Waals surface area contributed by atoms with Gasteiger partial charge in [0.1, 0.15) is 5.60 Å². The van der Waals surface area contributed by atoms with Crippen LogP contribution in [0, 0.1) is 0 Å². The van der Waals surface area contributed by atoms with Crippen LogP contribution in [0.1, 0.15) is 105 Å². The van der Waals surface area contributed by atoms with Crippen molar-refractivity contribution in [2.24, 2.45) is 0 Å². The number of unbranched alkanes of at least 4 members (excludes halogenated alkanes) is 7. The average Bonchev–Trinajstić information content (AvgIpc) is 2.44. The number of ether oxygens (including phenoxy) is 1. The van der Waals surface area contributed by atoms with Crippen LogP contribution < -0.4 is 0 Å². The fraction of sp³-hybridized carbons (Fsp3) is 0.944. The summed E-state index contributed by atoms with van der Waals surface area (Å²) in [6, 6.07) is 0. The van der Waals surface area contributed by atoms with Gasteiger partial charge in [-0.1, -0.05) is 65.7 Å². The van der Waals surface area contributed by atoms with Crippen LogP contribution in [0.2, 0.25) is 0 Å². The Labute approximate surface area is 126 Å². The molecule has 0 heterocycles. The van der Waals surface area contributed by atoms with E-state index in [4.69, 9.17) is 4.74 Å². The van der Waals surface area contributed by atoms with Gasteiger partial charge in [-0.2, -0.15) is 0 Å². The minimum Gasteiger partial charge on any atom is -0.459 e. The second-order valence-electron chi connectivity index (χ2n) is 6.25. The van der Waals surface area contributed by atoms with Crippen molar-refractivity contribution in [1.82, 2.24) is 0 Å². The van der Waals surface area contributed by atoms with E-state index in [1.54, 1.807) is 0 Å². The van der Waals surface area contributed by atoms with E-state index >= 15 is 0 Å². The molecule has 0 fully saturated rings. The van der Waals surface area contributed by atoms with Gasteiger partial charge in [0.05, 0.1) is 0 Å². The topological polar surface area (TPSA) is 26.3 Å². The number of carbonyl (C=O) groups excluding carboxylic acids is 1. The molecule has 1 unspecified atom stereocenters. The molecular weight excluding hydrogens is 248 g/mol. The summed E-state index contributed by atoms with van der Waals surface area (Å²) in [4.78, 5) is 11.9. The summed E-state index contributed by atoms with van der Waals surface area (Å²) in [5, 5.41) is 0. The third-order valence-corrected chi connectivity index (χ3v) is 4.15. The van der Waals surface area contributed by atoms with Crippen LogP contribution in [0.4, 0.5) is 0 Å². The molecule has 0 saturated carbocycles. The van der Waals surface area contributed by atoms with E-state index in [9.17, 15) is 4.79 Å². The lowest BCUT2D eigenvalue weighted by molar-refractivity contribution is -0.159. The zero-order valence-corrected chi connectivity index (χ0v) is 14.3. The monoisotopic (exact) mass is 284 g/mol.